The lowest BCUT2D eigenvalue weighted by molar-refractivity contribution is -0.133. The number of hydrogen-bond donors (Lipinski definition) is 1. The van der Waals surface area contributed by atoms with Gasteiger partial charge in [0.15, 0.2) is 5.78 Å². The number of hydrogen-bond acceptors (Lipinski definition) is 5. The first-order valence-electron chi connectivity index (χ1n) is 9.86. The zero-order valence-electron chi connectivity index (χ0n) is 17.1. The Morgan fingerprint density at radius 3 is 2.45 bits per heavy atom. The third kappa shape index (κ3) is 3.85. The van der Waals surface area contributed by atoms with Gasteiger partial charge in [-0.2, -0.15) is 0 Å². The Balaban J connectivity index is 1.69. The first-order chi connectivity index (χ1) is 13.7. The van der Waals surface area contributed by atoms with E-state index in [1.165, 1.54) is 23.2 Å². The highest BCUT2D eigenvalue weighted by molar-refractivity contribution is 7.12. The summed E-state index contributed by atoms with van der Waals surface area (Å²) in [6, 6.07) is 1.28. The summed E-state index contributed by atoms with van der Waals surface area (Å²) in [4.78, 5) is 53.3. The molecule has 0 bridgehead atoms. The average molecular weight is 418 g/mol. The normalized spacial score (nSPS) is 22.7. The predicted octanol–water partition coefficient (Wildman–Crippen LogP) is 3.08. The molecule has 1 N–H and O–H groups in total. The number of imide groups is 1. The average Bonchev–Trinajstić information content (AvgIpc) is 3.27. The van der Waals surface area contributed by atoms with Gasteiger partial charge in [0.25, 0.3) is 11.8 Å². The minimum atomic E-state index is -0.911. The van der Waals surface area contributed by atoms with Crippen LogP contribution in [0.25, 0.3) is 0 Å². The summed E-state index contributed by atoms with van der Waals surface area (Å²) < 4.78 is 0. The van der Waals surface area contributed by atoms with E-state index in [2.05, 4.69) is 11.9 Å². The highest BCUT2D eigenvalue weighted by Gasteiger charge is 2.54. The van der Waals surface area contributed by atoms with E-state index in [0.29, 0.717) is 42.8 Å². The molecular weight excluding hydrogens is 390 g/mol. The molecular formula is C21H27N3O4S. The molecule has 3 heterocycles. The Bertz CT molecular complexity index is 869. The van der Waals surface area contributed by atoms with Gasteiger partial charge < -0.3 is 10.2 Å². The van der Waals surface area contributed by atoms with Crippen molar-refractivity contribution in [2.24, 2.45) is 5.92 Å². The van der Waals surface area contributed by atoms with Gasteiger partial charge in [-0.1, -0.05) is 19.1 Å². The largest absolute Gasteiger partial charge is 0.339 e. The monoisotopic (exact) mass is 417 g/mol. The molecule has 0 spiro atoms. The van der Waals surface area contributed by atoms with Gasteiger partial charge >= 0.3 is 6.03 Å². The molecule has 7 nitrogen and oxygen atoms in total. The van der Waals surface area contributed by atoms with E-state index in [1.54, 1.807) is 23.3 Å². The maximum atomic E-state index is 13.1. The van der Waals surface area contributed by atoms with Crippen molar-refractivity contribution in [2.75, 3.05) is 19.6 Å². The number of carbonyl (C=O) groups excluding carboxylic acids is 4. The van der Waals surface area contributed by atoms with E-state index < -0.39 is 5.54 Å². The summed E-state index contributed by atoms with van der Waals surface area (Å²) in [6.45, 7) is 10.2. The van der Waals surface area contributed by atoms with E-state index in [-0.39, 0.29) is 36.1 Å². The first kappa shape index (κ1) is 21.2. The fourth-order valence-electron chi connectivity index (χ4n) is 4.25. The van der Waals surface area contributed by atoms with Gasteiger partial charge in [0.05, 0.1) is 17.0 Å². The van der Waals surface area contributed by atoms with E-state index in [0.717, 1.165) is 5.57 Å². The Morgan fingerprint density at radius 2 is 1.93 bits per heavy atom. The van der Waals surface area contributed by atoms with Gasteiger partial charge in [-0.05, 0) is 45.1 Å². The van der Waals surface area contributed by atoms with Gasteiger partial charge in [0.2, 0.25) is 0 Å². The van der Waals surface area contributed by atoms with Crippen molar-refractivity contribution in [3.05, 3.63) is 34.0 Å². The van der Waals surface area contributed by atoms with Crippen LogP contribution in [0.2, 0.25) is 0 Å². The Morgan fingerprint density at radius 1 is 1.28 bits per heavy atom. The smallest absolute Gasteiger partial charge is 0.325 e. The van der Waals surface area contributed by atoms with Crippen molar-refractivity contribution in [3.63, 3.8) is 0 Å². The van der Waals surface area contributed by atoms with Crippen molar-refractivity contribution in [1.82, 2.24) is 15.1 Å². The van der Waals surface area contributed by atoms with Crippen molar-refractivity contribution < 1.29 is 19.2 Å². The van der Waals surface area contributed by atoms with Crippen LogP contribution in [0, 0.1) is 5.92 Å². The number of urea groups is 1. The van der Waals surface area contributed by atoms with Gasteiger partial charge in [-0.15, -0.1) is 11.3 Å². The van der Waals surface area contributed by atoms with Crippen molar-refractivity contribution >= 4 is 35.0 Å². The molecule has 0 unspecified atom stereocenters. The number of ketones is 1. The van der Waals surface area contributed by atoms with E-state index in [1.807, 2.05) is 6.92 Å². The number of nitrogens with zero attached hydrogens (tertiary/aromatic N) is 2. The lowest BCUT2D eigenvalue weighted by atomic mass is 9.75. The molecule has 2 saturated heterocycles. The number of piperidine rings is 1. The summed E-state index contributed by atoms with van der Waals surface area (Å²) in [5.74, 6) is -0.365. The number of rotatable bonds is 6. The molecule has 3 rings (SSSR count). The van der Waals surface area contributed by atoms with Crippen LogP contribution in [0.5, 0.6) is 0 Å². The summed E-state index contributed by atoms with van der Waals surface area (Å²) in [5.41, 5.74) is 0.370. The fourth-order valence-corrected chi connectivity index (χ4v) is 5.04. The minimum Gasteiger partial charge on any atom is -0.339 e. The van der Waals surface area contributed by atoms with Crippen LogP contribution in [0.1, 0.15) is 60.1 Å². The van der Waals surface area contributed by atoms with Crippen LogP contribution in [0.15, 0.2) is 23.6 Å². The molecule has 1 aromatic heterocycles. The SMILES string of the molecule is C=C(C)CN1C(=O)N[C@@](CC)(C2CCN(C(=O)c3csc(C(C)=O)c3)CC2)C1=O. The lowest BCUT2D eigenvalue weighted by Gasteiger charge is -2.40. The van der Waals surface area contributed by atoms with Crippen molar-refractivity contribution in [3.8, 4) is 0 Å². The van der Waals surface area contributed by atoms with Crippen LogP contribution in [0.3, 0.4) is 0 Å². The highest BCUT2D eigenvalue weighted by atomic mass is 32.1. The molecule has 8 heteroatoms. The maximum absolute atomic E-state index is 13.1. The molecule has 2 aliphatic rings. The van der Waals surface area contributed by atoms with Crippen molar-refractivity contribution in [2.45, 2.75) is 45.6 Å². The van der Waals surface area contributed by atoms with Crippen LogP contribution in [0.4, 0.5) is 4.79 Å². The zero-order chi connectivity index (χ0) is 21.3. The molecule has 29 heavy (non-hydrogen) atoms. The Kier molecular flexibility index (Phi) is 5.93. The summed E-state index contributed by atoms with van der Waals surface area (Å²) in [6.07, 6.45) is 1.78. The number of nitrogens with one attached hydrogen (secondary N) is 1. The topological polar surface area (TPSA) is 86.8 Å². The Hall–Kier alpha value is -2.48. The number of thiophene rings is 1. The molecule has 4 amide bonds. The molecule has 0 aromatic carbocycles. The van der Waals surface area contributed by atoms with E-state index in [9.17, 15) is 19.2 Å². The van der Waals surface area contributed by atoms with Crippen LogP contribution >= 0.6 is 11.3 Å². The number of carbonyl (C=O) groups is 4. The molecule has 0 saturated carbocycles. The van der Waals surface area contributed by atoms with Crippen LogP contribution < -0.4 is 5.32 Å². The summed E-state index contributed by atoms with van der Waals surface area (Å²) in [7, 11) is 0. The third-order valence-corrected chi connectivity index (χ3v) is 6.89. The predicted molar refractivity (Wildman–Crippen MR) is 111 cm³/mol. The number of likely N-dealkylation sites (tertiary alicyclic amines) is 1. The lowest BCUT2D eigenvalue weighted by Crippen LogP contribution is -2.56. The summed E-state index contributed by atoms with van der Waals surface area (Å²) >= 11 is 1.28. The number of Topliss-reactive ketones (excluding diaryl/α,β-unsaturated/α-hetero) is 1. The minimum absolute atomic E-state index is 0.0293. The fraction of sp³-hybridized carbons (Fsp3) is 0.524. The molecule has 0 radical (unpaired) electrons. The Labute approximate surface area is 174 Å². The quantitative estimate of drug-likeness (QED) is 0.438. The molecule has 2 aliphatic heterocycles. The van der Waals surface area contributed by atoms with Gasteiger partial charge in [-0.3, -0.25) is 19.3 Å². The van der Waals surface area contributed by atoms with Gasteiger partial charge in [-0.25, -0.2) is 4.79 Å². The third-order valence-electron chi connectivity index (χ3n) is 5.86. The molecule has 1 atom stereocenters. The van der Waals surface area contributed by atoms with Crippen molar-refractivity contribution in [1.29, 1.82) is 0 Å². The van der Waals surface area contributed by atoms with E-state index in [4.69, 9.17) is 0 Å². The second kappa shape index (κ2) is 8.10. The van der Waals surface area contributed by atoms with E-state index >= 15 is 0 Å². The zero-order valence-corrected chi connectivity index (χ0v) is 17.9. The van der Waals surface area contributed by atoms with Crippen LogP contribution in [-0.4, -0.2) is 58.6 Å². The van der Waals surface area contributed by atoms with Gasteiger partial charge in [0.1, 0.15) is 5.54 Å². The molecule has 0 aliphatic carbocycles. The first-order valence-corrected chi connectivity index (χ1v) is 10.7. The molecule has 156 valence electrons. The van der Waals surface area contributed by atoms with Crippen LogP contribution in [-0.2, 0) is 4.79 Å². The second-order valence-electron chi connectivity index (χ2n) is 7.93. The molecule has 1 aromatic rings. The number of amides is 4. The standard InChI is InChI=1S/C21H27N3O4S/c1-5-21(19(27)24(11-13(2)3)20(28)22-21)16-6-8-23(9-7-16)18(26)15-10-17(14(4)25)29-12-15/h10,12,16H,2,5-9,11H2,1,3-4H3,(H,22,28)/t21-/m0/s1. The molecule has 2 fully saturated rings. The second-order valence-corrected chi connectivity index (χ2v) is 8.84. The maximum Gasteiger partial charge on any atom is 0.325 e. The summed E-state index contributed by atoms with van der Waals surface area (Å²) in [5, 5.41) is 4.66. The highest BCUT2D eigenvalue weighted by Crippen LogP contribution is 2.36. The van der Waals surface area contributed by atoms with Gasteiger partial charge in [0, 0.05) is 18.5 Å².